The second-order valence-corrected chi connectivity index (χ2v) is 3.55. The molecule has 104 valence electrons. The van der Waals surface area contributed by atoms with Crippen molar-refractivity contribution < 1.29 is 23.6 Å². The van der Waals surface area contributed by atoms with Gasteiger partial charge in [-0.3, -0.25) is 10.1 Å². The summed E-state index contributed by atoms with van der Waals surface area (Å²) >= 11 is 0. The predicted molar refractivity (Wildman–Crippen MR) is 65.6 cm³/mol. The molecule has 0 saturated heterocycles. The third kappa shape index (κ3) is 2.91. The fourth-order valence-corrected chi connectivity index (χ4v) is 1.39. The van der Waals surface area contributed by atoms with E-state index in [1.807, 2.05) is 0 Å². The van der Waals surface area contributed by atoms with Gasteiger partial charge in [0.15, 0.2) is 5.69 Å². The summed E-state index contributed by atoms with van der Waals surface area (Å²) in [5.74, 6) is -0.691. The van der Waals surface area contributed by atoms with E-state index in [4.69, 9.17) is 13.9 Å². The van der Waals surface area contributed by atoms with Crippen LogP contribution in [0.25, 0.3) is 0 Å². The number of nitro benzene ring substituents is 1. The monoisotopic (exact) mass is 278 g/mol. The summed E-state index contributed by atoms with van der Waals surface area (Å²) in [6.07, 6.45) is 0.782. The fraction of sp³-hybridized carbons (Fsp3) is 0.167. The molecular formula is C12H10N2O6. The molecule has 0 aliphatic carbocycles. The topological polar surface area (TPSA) is 105 Å². The maximum atomic E-state index is 11.4. The number of hydrogen-bond donors (Lipinski definition) is 0. The lowest BCUT2D eigenvalue weighted by molar-refractivity contribution is -0.385. The van der Waals surface area contributed by atoms with Crippen molar-refractivity contribution in [2.24, 2.45) is 0 Å². The Kier molecular flexibility index (Phi) is 3.94. The van der Waals surface area contributed by atoms with Crippen molar-refractivity contribution in [3.63, 3.8) is 0 Å². The zero-order chi connectivity index (χ0) is 14.5. The van der Waals surface area contributed by atoms with Crippen LogP contribution in [0.3, 0.4) is 0 Å². The van der Waals surface area contributed by atoms with Crippen molar-refractivity contribution in [3.8, 4) is 11.8 Å². The van der Waals surface area contributed by atoms with E-state index in [2.05, 4.69) is 4.98 Å². The normalized spacial score (nSPS) is 10.1. The van der Waals surface area contributed by atoms with Crippen LogP contribution in [0.5, 0.6) is 11.8 Å². The number of hydrogen-bond acceptors (Lipinski definition) is 7. The lowest BCUT2D eigenvalue weighted by Gasteiger charge is -2.00. The minimum absolute atomic E-state index is 0.0326. The number of oxazole rings is 1. The molecule has 8 heteroatoms. The van der Waals surface area contributed by atoms with Gasteiger partial charge >= 0.3 is 17.7 Å². The Balaban J connectivity index is 2.19. The Morgan fingerprint density at radius 1 is 1.45 bits per heavy atom. The van der Waals surface area contributed by atoms with E-state index in [0.717, 1.165) is 6.26 Å². The van der Waals surface area contributed by atoms with Gasteiger partial charge in [0.05, 0.1) is 11.5 Å². The van der Waals surface area contributed by atoms with E-state index >= 15 is 0 Å². The van der Waals surface area contributed by atoms with Gasteiger partial charge in [0.2, 0.25) is 5.75 Å². The van der Waals surface area contributed by atoms with E-state index in [1.165, 1.54) is 18.2 Å². The number of carbonyl (C=O) groups excluding carboxylic acids is 1. The van der Waals surface area contributed by atoms with Crippen molar-refractivity contribution >= 4 is 11.7 Å². The molecule has 1 heterocycles. The maximum Gasteiger partial charge on any atom is 0.400 e. The standard InChI is InChI=1S/C12H10N2O6/c1-2-18-11(15)8-7-19-12(13-8)20-10-6-4-3-5-9(10)14(16)17/h3-7H,2H2,1H3. The third-order valence-corrected chi connectivity index (χ3v) is 2.23. The van der Waals surface area contributed by atoms with Crippen LogP contribution >= 0.6 is 0 Å². The predicted octanol–water partition coefficient (Wildman–Crippen LogP) is 2.55. The van der Waals surface area contributed by atoms with Gasteiger partial charge in [-0.15, -0.1) is 0 Å². The highest BCUT2D eigenvalue weighted by molar-refractivity contribution is 5.86. The average Bonchev–Trinajstić information content (AvgIpc) is 2.88. The number of benzene rings is 1. The Labute approximate surface area is 113 Å². The van der Waals surface area contributed by atoms with Crippen molar-refractivity contribution in [2.75, 3.05) is 6.61 Å². The Bertz CT molecular complexity index is 636. The molecule has 2 aromatic rings. The molecule has 0 aliphatic rings. The largest absolute Gasteiger partial charge is 0.461 e. The molecule has 0 radical (unpaired) electrons. The van der Waals surface area contributed by atoms with Gasteiger partial charge in [0.25, 0.3) is 0 Å². The first kappa shape index (κ1) is 13.5. The minimum Gasteiger partial charge on any atom is -0.461 e. The quantitative estimate of drug-likeness (QED) is 0.470. The number of ether oxygens (including phenoxy) is 2. The summed E-state index contributed by atoms with van der Waals surface area (Å²) in [5.41, 5.74) is -0.302. The number of rotatable bonds is 5. The Morgan fingerprint density at radius 3 is 2.90 bits per heavy atom. The van der Waals surface area contributed by atoms with Gasteiger partial charge in [0, 0.05) is 6.07 Å². The minimum atomic E-state index is -0.659. The maximum absolute atomic E-state index is 11.4. The molecule has 0 bridgehead atoms. The number of esters is 1. The Hall–Kier alpha value is -2.90. The van der Waals surface area contributed by atoms with Crippen LogP contribution in [0.4, 0.5) is 5.69 Å². The van der Waals surface area contributed by atoms with Gasteiger partial charge in [0.1, 0.15) is 6.26 Å². The van der Waals surface area contributed by atoms with E-state index in [-0.39, 0.29) is 29.8 Å². The van der Waals surface area contributed by atoms with E-state index < -0.39 is 10.9 Å². The zero-order valence-electron chi connectivity index (χ0n) is 10.4. The summed E-state index contributed by atoms with van der Waals surface area (Å²) in [4.78, 5) is 25.3. The van der Waals surface area contributed by atoms with Gasteiger partial charge in [-0.25, -0.2) is 4.79 Å². The molecule has 0 fully saturated rings. The lowest BCUT2D eigenvalue weighted by atomic mass is 10.3. The van der Waals surface area contributed by atoms with Gasteiger partial charge in [-0.2, -0.15) is 4.98 Å². The molecule has 0 spiro atoms. The number of aromatic nitrogens is 1. The molecule has 1 aromatic carbocycles. The molecule has 1 aromatic heterocycles. The molecule has 0 amide bonds. The SMILES string of the molecule is CCOC(=O)c1coc(Oc2ccccc2[N+](=O)[O-])n1. The summed E-state index contributed by atoms with van der Waals surface area (Å²) in [6, 6.07) is 5.75. The lowest BCUT2D eigenvalue weighted by Crippen LogP contribution is -2.04. The molecule has 0 atom stereocenters. The van der Waals surface area contributed by atoms with Crippen LogP contribution in [0.1, 0.15) is 17.4 Å². The second-order valence-electron chi connectivity index (χ2n) is 3.55. The average molecular weight is 278 g/mol. The summed E-state index contributed by atoms with van der Waals surface area (Å²) in [6.45, 7) is 1.86. The van der Waals surface area contributed by atoms with Crippen LogP contribution in [0.2, 0.25) is 0 Å². The fourth-order valence-electron chi connectivity index (χ4n) is 1.39. The first-order valence-electron chi connectivity index (χ1n) is 5.65. The molecule has 2 rings (SSSR count). The smallest absolute Gasteiger partial charge is 0.400 e. The Morgan fingerprint density at radius 2 is 2.20 bits per heavy atom. The van der Waals surface area contributed by atoms with E-state index in [9.17, 15) is 14.9 Å². The zero-order valence-corrected chi connectivity index (χ0v) is 10.4. The van der Waals surface area contributed by atoms with Crippen LogP contribution in [0.15, 0.2) is 34.9 Å². The number of carbonyl (C=O) groups is 1. The highest BCUT2D eigenvalue weighted by Gasteiger charge is 2.19. The van der Waals surface area contributed by atoms with E-state index in [0.29, 0.717) is 0 Å². The summed E-state index contributed by atoms with van der Waals surface area (Å²) < 4.78 is 14.8. The van der Waals surface area contributed by atoms with Crippen molar-refractivity contribution in [3.05, 3.63) is 46.3 Å². The molecule has 0 aliphatic heterocycles. The van der Waals surface area contributed by atoms with Gasteiger partial charge < -0.3 is 13.9 Å². The van der Waals surface area contributed by atoms with Gasteiger partial charge in [-0.05, 0) is 13.0 Å². The van der Waals surface area contributed by atoms with Crippen LogP contribution in [-0.2, 0) is 4.74 Å². The number of nitrogens with zero attached hydrogens (tertiary/aromatic N) is 2. The van der Waals surface area contributed by atoms with Crippen molar-refractivity contribution in [2.45, 2.75) is 6.92 Å². The first-order chi connectivity index (χ1) is 9.61. The highest BCUT2D eigenvalue weighted by Crippen LogP contribution is 2.30. The van der Waals surface area contributed by atoms with Crippen LogP contribution in [-0.4, -0.2) is 22.5 Å². The third-order valence-electron chi connectivity index (χ3n) is 2.23. The van der Waals surface area contributed by atoms with Gasteiger partial charge in [-0.1, -0.05) is 12.1 Å². The molecule has 0 saturated carbocycles. The number of para-hydroxylation sites is 2. The van der Waals surface area contributed by atoms with Crippen LogP contribution < -0.4 is 4.74 Å². The van der Waals surface area contributed by atoms with Crippen molar-refractivity contribution in [1.82, 2.24) is 4.98 Å². The first-order valence-corrected chi connectivity index (χ1v) is 5.65. The molecule has 8 nitrogen and oxygen atoms in total. The van der Waals surface area contributed by atoms with E-state index in [1.54, 1.807) is 13.0 Å². The molecule has 0 unspecified atom stereocenters. The second kappa shape index (κ2) is 5.83. The molecule has 0 N–H and O–H groups in total. The summed E-state index contributed by atoms with van der Waals surface area (Å²) in [7, 11) is 0. The summed E-state index contributed by atoms with van der Waals surface area (Å²) in [5, 5.41) is 10.8. The molecular weight excluding hydrogens is 268 g/mol. The molecule has 20 heavy (non-hydrogen) atoms. The number of nitro groups is 1. The van der Waals surface area contributed by atoms with Crippen LogP contribution in [0, 0.1) is 10.1 Å². The van der Waals surface area contributed by atoms with Crippen molar-refractivity contribution in [1.29, 1.82) is 0 Å². The highest BCUT2D eigenvalue weighted by atomic mass is 16.6.